The van der Waals surface area contributed by atoms with Gasteiger partial charge in [0, 0.05) is 26.2 Å². The van der Waals surface area contributed by atoms with Crippen LogP contribution in [-0.2, 0) is 9.31 Å². The van der Waals surface area contributed by atoms with Crippen molar-refractivity contribution in [3.8, 4) is 0 Å². The Morgan fingerprint density at radius 2 is 1.77 bits per heavy atom. The number of nitrogens with zero attached hydrogens (tertiary/aromatic N) is 1. The van der Waals surface area contributed by atoms with Crippen molar-refractivity contribution in [1.29, 1.82) is 0 Å². The normalized spacial score (nSPS) is 19.5. The molecule has 2 aromatic carbocycles. The fourth-order valence-corrected chi connectivity index (χ4v) is 6.32. The summed E-state index contributed by atoms with van der Waals surface area (Å²) in [6.07, 6.45) is 11.1. The molecule has 0 saturated carbocycles. The highest BCUT2D eigenvalue weighted by molar-refractivity contribution is 7.26. The summed E-state index contributed by atoms with van der Waals surface area (Å²) in [6.45, 7) is 8.39. The van der Waals surface area contributed by atoms with Crippen molar-refractivity contribution in [2.75, 3.05) is 0 Å². The van der Waals surface area contributed by atoms with Gasteiger partial charge in [0.25, 0.3) is 0 Å². The second-order valence-corrected chi connectivity index (χ2v) is 11.1. The minimum absolute atomic E-state index is 0.365. The number of hydrogen-bond donors (Lipinski definition) is 0. The van der Waals surface area contributed by atoms with Gasteiger partial charge in [-0.15, -0.1) is 22.7 Å². The lowest BCUT2D eigenvalue weighted by molar-refractivity contribution is 0.00578. The predicted octanol–water partition coefficient (Wildman–Crippen LogP) is 6.28. The minimum Gasteiger partial charge on any atom is -0.399 e. The molecule has 0 radical (unpaired) electrons. The SMILES string of the molecule is CC1(C)OB(c2cccc3sc4cc5sc(C6=CC=[C+]C=C6)nc5cc4c23)OC1(C)C. The van der Waals surface area contributed by atoms with Gasteiger partial charge in [-0.05, 0) is 51.4 Å². The van der Waals surface area contributed by atoms with E-state index in [0.717, 1.165) is 21.6 Å². The van der Waals surface area contributed by atoms with Gasteiger partial charge in [-0.2, -0.15) is 0 Å². The average Bonchev–Trinajstić information content (AvgIpc) is 3.37. The van der Waals surface area contributed by atoms with Gasteiger partial charge in [-0.3, -0.25) is 0 Å². The van der Waals surface area contributed by atoms with Gasteiger partial charge >= 0.3 is 7.12 Å². The van der Waals surface area contributed by atoms with E-state index in [1.165, 1.54) is 24.9 Å². The van der Waals surface area contributed by atoms with Crippen LogP contribution in [-0.4, -0.2) is 23.3 Å². The van der Waals surface area contributed by atoms with Crippen LogP contribution >= 0.6 is 22.7 Å². The van der Waals surface area contributed by atoms with Gasteiger partial charge in [-0.1, -0.05) is 12.1 Å². The molecule has 3 heterocycles. The van der Waals surface area contributed by atoms with Crippen LogP contribution in [0.1, 0.15) is 32.7 Å². The zero-order valence-corrected chi connectivity index (χ0v) is 19.5. The molecule has 1 aliphatic carbocycles. The summed E-state index contributed by atoms with van der Waals surface area (Å²) in [5.41, 5.74) is 2.52. The Morgan fingerprint density at radius 1 is 0.968 bits per heavy atom. The van der Waals surface area contributed by atoms with Gasteiger partial charge in [0.2, 0.25) is 0 Å². The molecule has 0 atom stereocenters. The summed E-state index contributed by atoms with van der Waals surface area (Å²) in [7, 11) is -0.381. The molecule has 152 valence electrons. The summed E-state index contributed by atoms with van der Waals surface area (Å²) in [5, 5.41) is 3.47. The Morgan fingerprint density at radius 3 is 2.52 bits per heavy atom. The largest absolute Gasteiger partial charge is 0.495 e. The Labute approximate surface area is 189 Å². The molecule has 31 heavy (non-hydrogen) atoms. The van der Waals surface area contributed by atoms with Crippen LogP contribution in [0.4, 0.5) is 0 Å². The highest BCUT2D eigenvalue weighted by atomic mass is 32.1. The summed E-state index contributed by atoms with van der Waals surface area (Å²) < 4.78 is 16.5. The molecule has 0 spiro atoms. The first kappa shape index (κ1) is 19.4. The van der Waals surface area contributed by atoms with Crippen LogP contribution in [0.15, 0.2) is 54.6 Å². The minimum atomic E-state index is -0.381. The van der Waals surface area contributed by atoms with Crippen molar-refractivity contribution < 1.29 is 9.31 Å². The molecule has 0 unspecified atom stereocenters. The van der Waals surface area contributed by atoms with Gasteiger partial charge < -0.3 is 9.31 Å². The summed E-state index contributed by atoms with van der Waals surface area (Å²) in [4.78, 5) is 4.94. The fraction of sp³-hybridized carbons (Fsp3) is 0.240. The lowest BCUT2D eigenvalue weighted by Gasteiger charge is -2.32. The van der Waals surface area contributed by atoms with Crippen molar-refractivity contribution in [3.63, 3.8) is 0 Å². The first-order valence-electron chi connectivity index (χ1n) is 10.4. The van der Waals surface area contributed by atoms with Crippen molar-refractivity contribution >= 4 is 71.2 Å². The maximum Gasteiger partial charge on any atom is 0.495 e. The van der Waals surface area contributed by atoms with E-state index in [0.29, 0.717) is 0 Å². The maximum absolute atomic E-state index is 6.39. The Hall–Kier alpha value is -2.34. The van der Waals surface area contributed by atoms with Crippen LogP contribution in [0.25, 0.3) is 36.0 Å². The number of allylic oxidation sites excluding steroid dienone is 6. The van der Waals surface area contributed by atoms with Crippen LogP contribution in [0.5, 0.6) is 0 Å². The molecule has 2 aliphatic rings. The molecule has 1 fully saturated rings. The van der Waals surface area contributed by atoms with Crippen molar-refractivity contribution in [2.24, 2.45) is 0 Å². The third-order valence-electron chi connectivity index (χ3n) is 6.51. The monoisotopic (exact) mass is 442 g/mol. The number of thiazole rings is 1. The second kappa shape index (κ2) is 6.58. The van der Waals surface area contributed by atoms with Gasteiger partial charge in [0.05, 0.1) is 33.6 Å². The number of hydrogen-bond acceptors (Lipinski definition) is 5. The Bertz CT molecular complexity index is 1440. The third-order valence-corrected chi connectivity index (χ3v) is 8.69. The quantitative estimate of drug-likeness (QED) is 0.271. The number of aromatic nitrogens is 1. The van der Waals surface area contributed by atoms with Crippen molar-refractivity contribution in [3.05, 3.63) is 65.7 Å². The fourth-order valence-electron chi connectivity index (χ4n) is 4.09. The van der Waals surface area contributed by atoms with Gasteiger partial charge in [0.1, 0.15) is 17.7 Å². The van der Waals surface area contributed by atoms with Crippen LogP contribution < -0.4 is 5.46 Å². The highest BCUT2D eigenvalue weighted by Crippen LogP contribution is 2.41. The molecule has 3 nitrogen and oxygen atoms in total. The summed E-state index contributed by atoms with van der Waals surface area (Å²) in [5.74, 6) is 0. The molecule has 0 amide bonds. The lowest BCUT2D eigenvalue weighted by atomic mass is 9.76. The average molecular weight is 442 g/mol. The Kier molecular flexibility index (Phi) is 4.11. The van der Waals surface area contributed by atoms with Crippen molar-refractivity contribution in [1.82, 2.24) is 4.98 Å². The topological polar surface area (TPSA) is 31.4 Å². The summed E-state index contributed by atoms with van der Waals surface area (Å²) >= 11 is 3.55. The van der Waals surface area contributed by atoms with Crippen LogP contribution in [0.3, 0.4) is 0 Å². The van der Waals surface area contributed by atoms with E-state index in [-0.39, 0.29) is 18.3 Å². The maximum atomic E-state index is 6.39. The Balaban J connectivity index is 1.53. The molecule has 1 saturated heterocycles. The number of rotatable bonds is 2. The molecule has 6 rings (SSSR count). The van der Waals surface area contributed by atoms with E-state index >= 15 is 0 Å². The molecular weight excluding hydrogens is 421 g/mol. The van der Waals surface area contributed by atoms with Crippen molar-refractivity contribution in [2.45, 2.75) is 38.9 Å². The van der Waals surface area contributed by atoms with Crippen LogP contribution in [0.2, 0.25) is 0 Å². The van der Waals surface area contributed by atoms with Gasteiger partial charge in [0.15, 0.2) is 5.01 Å². The molecule has 0 N–H and O–H groups in total. The smallest absolute Gasteiger partial charge is 0.399 e. The molecule has 2 aromatic heterocycles. The van der Waals surface area contributed by atoms with E-state index in [1.807, 2.05) is 23.5 Å². The zero-order valence-electron chi connectivity index (χ0n) is 17.9. The molecule has 4 aromatic rings. The first-order valence-corrected chi connectivity index (χ1v) is 12.0. The van der Waals surface area contributed by atoms with Crippen LogP contribution in [0, 0.1) is 6.08 Å². The van der Waals surface area contributed by atoms with Gasteiger partial charge in [-0.25, -0.2) is 4.98 Å². The summed E-state index contributed by atoms with van der Waals surface area (Å²) in [6, 6.07) is 10.9. The number of thiophene rings is 1. The van der Waals surface area contributed by atoms with E-state index in [2.05, 4.69) is 76.3 Å². The first-order chi connectivity index (χ1) is 14.8. The second-order valence-electron chi connectivity index (χ2n) is 9.03. The predicted molar refractivity (Wildman–Crippen MR) is 133 cm³/mol. The molecular formula is C25H21BNO2S2+. The molecule has 0 bridgehead atoms. The van der Waals surface area contributed by atoms with E-state index in [9.17, 15) is 0 Å². The lowest BCUT2D eigenvalue weighted by Crippen LogP contribution is -2.41. The number of benzene rings is 2. The third kappa shape index (κ3) is 2.94. The van der Waals surface area contributed by atoms with E-state index < -0.39 is 0 Å². The number of fused-ring (bicyclic) bond motifs is 4. The molecule has 1 aliphatic heterocycles. The zero-order chi connectivity index (χ0) is 21.4. The highest BCUT2D eigenvalue weighted by Gasteiger charge is 2.52. The molecule has 6 heteroatoms. The van der Waals surface area contributed by atoms with E-state index in [4.69, 9.17) is 14.3 Å². The van der Waals surface area contributed by atoms with E-state index in [1.54, 1.807) is 11.3 Å². The standard InChI is InChI=1S/C25H21BNO2S2/c1-24(2)25(3,4)29-26(28-24)17-11-8-12-19-22(17)16-13-18-21(14-20(16)30-19)31-23(27-18)15-9-6-5-7-10-15/h6-14H,1-4H3/q+1.